The highest BCUT2D eigenvalue weighted by Crippen LogP contribution is 2.17. The number of nitrogens with one attached hydrogen (secondary N) is 1. The molecule has 0 radical (unpaired) electrons. The van der Waals surface area contributed by atoms with E-state index < -0.39 is 15.9 Å². The molecule has 2 N–H and O–H groups in total. The van der Waals surface area contributed by atoms with Crippen LogP contribution in [-0.4, -0.2) is 73.9 Å². The Balaban J connectivity index is 2.13. The maximum Gasteiger partial charge on any atom is 0.251 e. The van der Waals surface area contributed by atoms with Gasteiger partial charge in [-0.2, -0.15) is 4.31 Å². The number of aliphatic hydroxyl groups excluding tert-OH is 1. The van der Waals surface area contributed by atoms with Gasteiger partial charge in [0.25, 0.3) is 5.91 Å². The summed E-state index contributed by atoms with van der Waals surface area (Å²) in [6.45, 7) is 2.60. The van der Waals surface area contributed by atoms with Crippen molar-refractivity contribution in [2.45, 2.75) is 24.3 Å². The van der Waals surface area contributed by atoms with Crippen LogP contribution in [-0.2, 0) is 14.8 Å². The van der Waals surface area contributed by atoms with Crippen LogP contribution in [0.25, 0.3) is 0 Å². The van der Waals surface area contributed by atoms with Gasteiger partial charge in [-0.3, -0.25) is 9.59 Å². The van der Waals surface area contributed by atoms with Crippen molar-refractivity contribution >= 4 is 21.8 Å². The summed E-state index contributed by atoms with van der Waals surface area (Å²) in [6, 6.07) is 5.43. The van der Waals surface area contributed by atoms with Crippen LogP contribution in [0.5, 0.6) is 0 Å². The topological polar surface area (TPSA) is 107 Å². The van der Waals surface area contributed by atoms with E-state index in [1.165, 1.54) is 31.3 Å². The largest absolute Gasteiger partial charge is 0.395 e. The minimum absolute atomic E-state index is 0.00485. The first-order valence-electron chi connectivity index (χ1n) is 8.05. The number of benzene rings is 1. The molecule has 1 aromatic carbocycles. The molecule has 0 saturated carbocycles. The van der Waals surface area contributed by atoms with Crippen LogP contribution in [0.2, 0.25) is 0 Å². The summed E-state index contributed by atoms with van der Waals surface area (Å²) in [5.41, 5.74) is 0.209. The summed E-state index contributed by atoms with van der Waals surface area (Å²) in [5, 5.41) is 11.7. The minimum atomic E-state index is -3.77. The molecule has 9 heteroatoms. The second kappa shape index (κ2) is 7.94. The van der Waals surface area contributed by atoms with Gasteiger partial charge in [0.15, 0.2) is 0 Å². The molecule has 1 fully saturated rings. The lowest BCUT2D eigenvalue weighted by Crippen LogP contribution is -2.37. The highest BCUT2D eigenvalue weighted by molar-refractivity contribution is 7.89. The molecule has 0 bridgehead atoms. The quantitative estimate of drug-likeness (QED) is 0.683. The van der Waals surface area contributed by atoms with Gasteiger partial charge in [0.1, 0.15) is 0 Å². The summed E-state index contributed by atoms with van der Waals surface area (Å²) in [7, 11) is -2.41. The average molecular weight is 369 g/mol. The molecule has 1 atom stereocenters. The number of sulfonamides is 1. The van der Waals surface area contributed by atoms with Crippen LogP contribution in [0.3, 0.4) is 0 Å². The number of likely N-dealkylation sites (tertiary alicyclic amines) is 1. The fraction of sp³-hybridized carbons (Fsp3) is 0.500. The average Bonchev–Trinajstić information content (AvgIpc) is 2.94. The normalized spacial score (nSPS) is 18.0. The van der Waals surface area contributed by atoms with Crippen molar-refractivity contribution in [3.05, 3.63) is 29.8 Å². The smallest absolute Gasteiger partial charge is 0.251 e. The van der Waals surface area contributed by atoms with Gasteiger partial charge < -0.3 is 15.3 Å². The fourth-order valence-corrected chi connectivity index (χ4v) is 3.89. The van der Waals surface area contributed by atoms with E-state index in [0.717, 1.165) is 4.31 Å². The number of carbonyl (C=O) groups is 2. The van der Waals surface area contributed by atoms with Crippen LogP contribution in [0, 0.1) is 0 Å². The highest BCUT2D eigenvalue weighted by Gasteiger charge is 2.30. The monoisotopic (exact) mass is 369 g/mol. The third kappa shape index (κ3) is 4.36. The molecule has 0 aromatic heterocycles. The summed E-state index contributed by atoms with van der Waals surface area (Å²) in [5.74, 6) is -0.424. The van der Waals surface area contributed by atoms with Gasteiger partial charge in [-0.1, -0.05) is 6.07 Å². The molecule has 0 spiro atoms. The van der Waals surface area contributed by atoms with E-state index in [1.54, 1.807) is 4.90 Å². The van der Waals surface area contributed by atoms with E-state index in [0.29, 0.717) is 13.1 Å². The molecule has 138 valence electrons. The maximum absolute atomic E-state index is 12.4. The molecular formula is C16H23N3O5S. The van der Waals surface area contributed by atoms with Gasteiger partial charge in [-0.25, -0.2) is 8.42 Å². The molecule has 0 unspecified atom stereocenters. The van der Waals surface area contributed by atoms with Crippen molar-refractivity contribution in [2.24, 2.45) is 0 Å². The van der Waals surface area contributed by atoms with Gasteiger partial charge >= 0.3 is 0 Å². The molecule has 1 heterocycles. The zero-order valence-corrected chi connectivity index (χ0v) is 15.1. The van der Waals surface area contributed by atoms with Crippen LogP contribution in [0.4, 0.5) is 0 Å². The predicted molar refractivity (Wildman–Crippen MR) is 91.5 cm³/mol. The molecule has 8 nitrogen and oxygen atoms in total. The molecule has 2 amide bonds. The van der Waals surface area contributed by atoms with Crippen LogP contribution in [0.1, 0.15) is 23.7 Å². The maximum atomic E-state index is 12.4. The molecule has 1 aliphatic heterocycles. The van der Waals surface area contributed by atoms with E-state index in [1.807, 2.05) is 6.92 Å². The molecular weight excluding hydrogens is 346 g/mol. The Bertz CT molecular complexity index is 750. The zero-order chi connectivity index (χ0) is 18.6. The zero-order valence-electron chi connectivity index (χ0n) is 14.3. The lowest BCUT2D eigenvalue weighted by molar-refractivity contribution is -0.127. The number of carbonyl (C=O) groups excluding carboxylic acids is 2. The standard InChI is InChI=1S/C16H23N3O5S/c1-3-19-11-13(10-15(19)21)17-16(22)12-5-4-6-14(9-12)25(23,24)18(2)7-8-20/h4-6,9,13,20H,3,7-8,10-11H2,1-2H3,(H,17,22)/t13-/m1/s1. The summed E-state index contributed by atoms with van der Waals surface area (Å²) < 4.78 is 25.8. The third-order valence-electron chi connectivity index (χ3n) is 4.15. The molecule has 2 rings (SSSR count). The van der Waals surface area contributed by atoms with E-state index in [4.69, 9.17) is 5.11 Å². The Morgan fingerprint density at radius 2 is 2.16 bits per heavy atom. The van der Waals surface area contributed by atoms with Crippen LogP contribution in [0.15, 0.2) is 29.2 Å². The van der Waals surface area contributed by atoms with Crippen molar-refractivity contribution in [3.8, 4) is 0 Å². The Hall–Kier alpha value is -1.97. The molecule has 1 aliphatic rings. The second-order valence-corrected chi connectivity index (χ2v) is 7.93. The van der Waals surface area contributed by atoms with Crippen molar-refractivity contribution < 1.29 is 23.1 Å². The van der Waals surface area contributed by atoms with Crippen molar-refractivity contribution in [1.82, 2.24) is 14.5 Å². The molecule has 1 saturated heterocycles. The minimum Gasteiger partial charge on any atom is -0.395 e. The van der Waals surface area contributed by atoms with E-state index in [9.17, 15) is 18.0 Å². The first kappa shape index (κ1) is 19.4. The van der Waals surface area contributed by atoms with Crippen molar-refractivity contribution in [3.63, 3.8) is 0 Å². The summed E-state index contributed by atoms with van der Waals surface area (Å²) in [6.07, 6.45) is 0.247. The number of aliphatic hydroxyl groups is 1. The Labute approximate surface area is 147 Å². The highest BCUT2D eigenvalue weighted by atomic mass is 32.2. The summed E-state index contributed by atoms with van der Waals surface area (Å²) >= 11 is 0. The van der Waals surface area contributed by atoms with Gasteiger partial charge in [-0.05, 0) is 25.1 Å². The van der Waals surface area contributed by atoms with Gasteiger partial charge in [0.05, 0.1) is 17.5 Å². The van der Waals surface area contributed by atoms with E-state index in [2.05, 4.69) is 5.32 Å². The summed E-state index contributed by atoms with van der Waals surface area (Å²) in [4.78, 5) is 25.8. The second-order valence-electron chi connectivity index (χ2n) is 5.88. The van der Waals surface area contributed by atoms with E-state index >= 15 is 0 Å². The number of hydrogen-bond acceptors (Lipinski definition) is 5. The van der Waals surface area contributed by atoms with Crippen LogP contribution >= 0.6 is 0 Å². The molecule has 25 heavy (non-hydrogen) atoms. The van der Waals surface area contributed by atoms with Crippen LogP contribution < -0.4 is 5.32 Å². The molecule has 1 aromatic rings. The van der Waals surface area contributed by atoms with E-state index in [-0.39, 0.29) is 42.0 Å². The first-order chi connectivity index (χ1) is 11.8. The predicted octanol–water partition coefficient (Wildman–Crippen LogP) is -0.350. The Morgan fingerprint density at radius 3 is 2.76 bits per heavy atom. The number of likely N-dealkylation sites (N-methyl/N-ethyl adjacent to an activating group) is 2. The Morgan fingerprint density at radius 1 is 1.44 bits per heavy atom. The lowest BCUT2D eigenvalue weighted by atomic mass is 10.2. The Kier molecular flexibility index (Phi) is 6.15. The number of amides is 2. The lowest BCUT2D eigenvalue weighted by Gasteiger charge is -2.17. The number of nitrogens with zero attached hydrogens (tertiary/aromatic N) is 2. The van der Waals surface area contributed by atoms with Gasteiger partial charge in [-0.15, -0.1) is 0 Å². The SMILES string of the molecule is CCN1C[C@H](NC(=O)c2cccc(S(=O)(=O)N(C)CCO)c2)CC1=O. The van der Waals surface area contributed by atoms with Gasteiger partial charge in [0, 0.05) is 38.7 Å². The first-order valence-corrected chi connectivity index (χ1v) is 9.49. The third-order valence-corrected chi connectivity index (χ3v) is 6.00. The number of rotatable bonds is 7. The van der Waals surface area contributed by atoms with Crippen molar-refractivity contribution in [1.29, 1.82) is 0 Å². The van der Waals surface area contributed by atoms with Crippen molar-refractivity contribution in [2.75, 3.05) is 33.3 Å². The molecule has 0 aliphatic carbocycles. The fourth-order valence-electron chi connectivity index (χ4n) is 2.68. The number of hydrogen-bond donors (Lipinski definition) is 2. The van der Waals surface area contributed by atoms with Gasteiger partial charge in [0.2, 0.25) is 15.9 Å².